The summed E-state index contributed by atoms with van der Waals surface area (Å²) in [7, 11) is 1.27. The van der Waals surface area contributed by atoms with Gasteiger partial charge in [0, 0.05) is 12.6 Å². The number of ether oxygens (including phenoxy) is 1. The van der Waals surface area contributed by atoms with Gasteiger partial charge in [0.25, 0.3) is 0 Å². The van der Waals surface area contributed by atoms with E-state index < -0.39 is 11.9 Å². The fourth-order valence-corrected chi connectivity index (χ4v) is 1.68. The van der Waals surface area contributed by atoms with Crippen molar-refractivity contribution in [1.29, 1.82) is 0 Å². The number of phenolic OH excluding ortho intramolecular Hbond substituents is 1. The quantitative estimate of drug-likeness (QED) is 0.780. The van der Waals surface area contributed by atoms with Crippen molar-refractivity contribution in [3.05, 3.63) is 21.9 Å². The van der Waals surface area contributed by atoms with Crippen molar-refractivity contribution >= 4 is 15.9 Å². The van der Waals surface area contributed by atoms with Gasteiger partial charge in [-0.1, -0.05) is 0 Å². The minimum absolute atomic E-state index is 0.0447. The first kappa shape index (κ1) is 12.2. The third-order valence-corrected chi connectivity index (χ3v) is 2.52. The number of hydrogen-bond acceptors (Lipinski definition) is 4. The highest BCUT2D eigenvalue weighted by Gasteiger charge is 2.22. The molecule has 6 heteroatoms. The Morgan fingerprint density at radius 3 is 2.73 bits per heavy atom. The number of phenols is 1. The molecule has 0 saturated heterocycles. The Bertz CT molecular complexity index is 373. The minimum Gasteiger partial charge on any atom is -0.504 e. The van der Waals surface area contributed by atoms with E-state index in [4.69, 9.17) is 10.5 Å². The van der Waals surface area contributed by atoms with Crippen LogP contribution in [0, 0.1) is 5.82 Å². The van der Waals surface area contributed by atoms with Crippen LogP contribution in [0.15, 0.2) is 10.5 Å². The van der Waals surface area contributed by atoms with Gasteiger partial charge in [0.15, 0.2) is 11.5 Å². The molecule has 15 heavy (non-hydrogen) atoms. The highest BCUT2D eigenvalue weighted by Crippen LogP contribution is 2.39. The standard InChI is InChI=1S/C9H11BrFNO3/c1-15-9-5(13)2-4(10)8(11)7(9)6(14)3-12/h2,6,13-14H,3,12H2,1H3. The molecule has 0 spiro atoms. The second kappa shape index (κ2) is 4.78. The van der Waals surface area contributed by atoms with Crippen LogP contribution in [0.5, 0.6) is 11.5 Å². The van der Waals surface area contributed by atoms with E-state index in [1.54, 1.807) is 0 Å². The molecule has 0 aliphatic rings. The van der Waals surface area contributed by atoms with Crippen molar-refractivity contribution in [2.45, 2.75) is 6.10 Å². The first-order chi connectivity index (χ1) is 7.02. The largest absolute Gasteiger partial charge is 0.504 e. The number of rotatable bonds is 3. The maximum absolute atomic E-state index is 13.6. The lowest BCUT2D eigenvalue weighted by atomic mass is 10.1. The number of methoxy groups -OCH3 is 1. The van der Waals surface area contributed by atoms with Gasteiger partial charge in [0.2, 0.25) is 0 Å². The van der Waals surface area contributed by atoms with Gasteiger partial charge in [-0.3, -0.25) is 0 Å². The van der Waals surface area contributed by atoms with E-state index in [0.717, 1.165) is 6.07 Å². The van der Waals surface area contributed by atoms with Gasteiger partial charge in [-0.05, 0) is 15.9 Å². The second-order valence-electron chi connectivity index (χ2n) is 2.89. The number of aliphatic hydroxyl groups excluding tert-OH is 1. The summed E-state index contributed by atoms with van der Waals surface area (Å²) < 4.78 is 18.5. The van der Waals surface area contributed by atoms with Gasteiger partial charge in [0.1, 0.15) is 5.82 Å². The smallest absolute Gasteiger partial charge is 0.169 e. The number of benzene rings is 1. The van der Waals surface area contributed by atoms with Crippen LogP contribution in [0.3, 0.4) is 0 Å². The molecule has 0 bridgehead atoms. The van der Waals surface area contributed by atoms with E-state index in [0.29, 0.717) is 0 Å². The van der Waals surface area contributed by atoms with Crippen molar-refractivity contribution < 1.29 is 19.3 Å². The van der Waals surface area contributed by atoms with E-state index in [-0.39, 0.29) is 28.1 Å². The van der Waals surface area contributed by atoms with Crippen molar-refractivity contribution in [2.75, 3.05) is 13.7 Å². The predicted octanol–water partition coefficient (Wildman–Crippen LogP) is 1.29. The average molecular weight is 280 g/mol. The molecule has 0 radical (unpaired) electrons. The van der Waals surface area contributed by atoms with Gasteiger partial charge in [-0.2, -0.15) is 0 Å². The average Bonchev–Trinajstić information content (AvgIpc) is 2.21. The third kappa shape index (κ3) is 2.22. The summed E-state index contributed by atoms with van der Waals surface area (Å²) in [5.41, 5.74) is 5.08. The lowest BCUT2D eigenvalue weighted by molar-refractivity contribution is 0.175. The summed E-state index contributed by atoms with van der Waals surface area (Å²) in [6, 6.07) is 1.15. The van der Waals surface area contributed by atoms with Crippen LogP contribution in [0.2, 0.25) is 0 Å². The maximum atomic E-state index is 13.6. The van der Waals surface area contributed by atoms with Crippen LogP contribution in [0.4, 0.5) is 4.39 Å². The third-order valence-electron chi connectivity index (χ3n) is 1.95. The van der Waals surface area contributed by atoms with Crippen LogP contribution < -0.4 is 10.5 Å². The zero-order valence-electron chi connectivity index (χ0n) is 8.00. The fourth-order valence-electron chi connectivity index (χ4n) is 1.25. The van der Waals surface area contributed by atoms with E-state index in [2.05, 4.69) is 15.9 Å². The molecular formula is C9H11BrFNO3. The molecule has 0 amide bonds. The summed E-state index contributed by atoms with van der Waals surface area (Å²) in [5, 5.41) is 19.0. The van der Waals surface area contributed by atoms with E-state index in [1.807, 2.05) is 0 Å². The van der Waals surface area contributed by atoms with Gasteiger partial charge in [-0.25, -0.2) is 4.39 Å². The van der Waals surface area contributed by atoms with E-state index in [1.165, 1.54) is 7.11 Å². The van der Waals surface area contributed by atoms with Gasteiger partial charge < -0.3 is 20.7 Å². The van der Waals surface area contributed by atoms with E-state index >= 15 is 0 Å². The lowest BCUT2D eigenvalue weighted by Crippen LogP contribution is -2.14. The minimum atomic E-state index is -1.22. The Labute approximate surface area is 94.6 Å². The molecule has 1 rings (SSSR count). The van der Waals surface area contributed by atoms with Crippen molar-refractivity contribution in [3.63, 3.8) is 0 Å². The first-order valence-electron chi connectivity index (χ1n) is 4.15. The molecule has 1 unspecified atom stereocenters. The molecular weight excluding hydrogens is 269 g/mol. The fraction of sp³-hybridized carbons (Fsp3) is 0.333. The number of hydrogen-bond donors (Lipinski definition) is 3. The summed E-state index contributed by atoms with van der Waals surface area (Å²) >= 11 is 2.92. The van der Waals surface area contributed by atoms with Crippen molar-refractivity contribution in [3.8, 4) is 11.5 Å². The van der Waals surface area contributed by atoms with Gasteiger partial charge in [0.05, 0.1) is 23.2 Å². The monoisotopic (exact) mass is 279 g/mol. The molecule has 1 atom stereocenters. The zero-order valence-corrected chi connectivity index (χ0v) is 9.58. The lowest BCUT2D eigenvalue weighted by Gasteiger charge is -2.16. The molecule has 4 N–H and O–H groups in total. The van der Waals surface area contributed by atoms with Gasteiger partial charge >= 0.3 is 0 Å². The van der Waals surface area contributed by atoms with Crippen LogP contribution in [0.25, 0.3) is 0 Å². The highest BCUT2D eigenvalue weighted by molar-refractivity contribution is 9.10. The summed E-state index contributed by atoms with van der Waals surface area (Å²) in [6.45, 7) is -0.164. The molecule has 1 aromatic rings. The van der Waals surface area contributed by atoms with Gasteiger partial charge in [-0.15, -0.1) is 0 Å². The molecule has 0 aliphatic heterocycles. The van der Waals surface area contributed by atoms with Crippen LogP contribution >= 0.6 is 15.9 Å². The summed E-state index contributed by atoms with van der Waals surface area (Å²) in [4.78, 5) is 0. The Morgan fingerprint density at radius 2 is 2.27 bits per heavy atom. The number of halogens is 2. The number of aromatic hydroxyl groups is 1. The predicted molar refractivity (Wildman–Crippen MR) is 56.3 cm³/mol. The molecule has 4 nitrogen and oxygen atoms in total. The molecule has 84 valence electrons. The summed E-state index contributed by atoms with van der Waals surface area (Å²) in [6.07, 6.45) is -1.22. The van der Waals surface area contributed by atoms with Crippen molar-refractivity contribution in [2.24, 2.45) is 5.73 Å². The molecule has 1 aromatic carbocycles. The highest BCUT2D eigenvalue weighted by atomic mass is 79.9. The Kier molecular flexibility index (Phi) is 3.90. The Hall–Kier alpha value is -0.850. The second-order valence-corrected chi connectivity index (χ2v) is 3.74. The Morgan fingerprint density at radius 1 is 1.67 bits per heavy atom. The molecule has 0 aromatic heterocycles. The Balaban J connectivity index is 3.43. The first-order valence-corrected chi connectivity index (χ1v) is 4.95. The van der Waals surface area contributed by atoms with E-state index in [9.17, 15) is 14.6 Å². The topological polar surface area (TPSA) is 75.7 Å². The van der Waals surface area contributed by atoms with Crippen LogP contribution in [-0.2, 0) is 0 Å². The normalized spacial score (nSPS) is 12.6. The molecule has 0 aliphatic carbocycles. The zero-order chi connectivity index (χ0) is 11.6. The maximum Gasteiger partial charge on any atom is 0.169 e. The number of aliphatic hydroxyl groups is 1. The SMILES string of the molecule is COc1c(O)cc(Br)c(F)c1C(O)CN. The van der Waals surface area contributed by atoms with Crippen LogP contribution in [-0.4, -0.2) is 23.9 Å². The summed E-state index contributed by atoms with van der Waals surface area (Å²) in [5.74, 6) is -1.05. The van der Waals surface area contributed by atoms with Crippen molar-refractivity contribution in [1.82, 2.24) is 0 Å². The molecule has 0 heterocycles. The molecule has 0 fully saturated rings. The van der Waals surface area contributed by atoms with Crippen LogP contribution in [0.1, 0.15) is 11.7 Å². The number of nitrogens with two attached hydrogens (primary N) is 1. The molecule has 0 saturated carbocycles.